The Balaban J connectivity index is 1.84. The van der Waals surface area contributed by atoms with E-state index in [2.05, 4.69) is 0 Å². The van der Waals surface area contributed by atoms with Crippen molar-refractivity contribution in [2.75, 3.05) is 6.54 Å². The number of nitrogens with zero attached hydrogens (tertiary/aromatic N) is 2. The van der Waals surface area contributed by atoms with Crippen molar-refractivity contribution in [2.45, 2.75) is 19.9 Å². The molecule has 1 aromatic carbocycles. The fourth-order valence-electron chi connectivity index (χ4n) is 3.50. The Morgan fingerprint density at radius 3 is 2.68 bits per heavy atom. The molecule has 0 saturated carbocycles. The first kappa shape index (κ1) is 14.5. The molecule has 1 heterocycles. The Hall–Kier alpha value is -2.41. The molecule has 1 aromatic rings. The van der Waals surface area contributed by atoms with E-state index in [9.17, 15) is 9.59 Å². The van der Waals surface area contributed by atoms with Crippen molar-refractivity contribution >= 4 is 11.7 Å². The molecular weight excluding hydrogens is 276 g/mol. The van der Waals surface area contributed by atoms with Crippen molar-refractivity contribution in [3.63, 3.8) is 0 Å². The molecule has 1 fully saturated rings. The number of ketones is 1. The average Bonchev–Trinajstić information content (AvgIpc) is 2.54. The molecule has 22 heavy (non-hydrogen) atoms. The maximum Gasteiger partial charge on any atom is 0.230 e. The van der Waals surface area contributed by atoms with Crippen LogP contribution < -0.4 is 0 Å². The van der Waals surface area contributed by atoms with E-state index in [1.165, 1.54) is 0 Å². The van der Waals surface area contributed by atoms with Gasteiger partial charge in [-0.3, -0.25) is 9.59 Å². The number of hydrogen-bond acceptors (Lipinski definition) is 3. The van der Waals surface area contributed by atoms with Gasteiger partial charge in [-0.15, -0.1) is 0 Å². The van der Waals surface area contributed by atoms with Crippen molar-refractivity contribution in [3.8, 4) is 6.07 Å². The molecular formula is C18H18N2O2. The average molecular weight is 294 g/mol. The molecule has 0 bridgehead atoms. The number of allylic oxidation sites excluding steroid dienone is 1. The molecule has 3 unspecified atom stereocenters. The second-order valence-corrected chi connectivity index (χ2v) is 6.07. The van der Waals surface area contributed by atoms with E-state index in [4.69, 9.17) is 5.26 Å². The van der Waals surface area contributed by atoms with Crippen LogP contribution in [0.4, 0.5) is 0 Å². The third kappa shape index (κ3) is 2.43. The lowest BCUT2D eigenvalue weighted by molar-refractivity contribution is -0.142. The summed E-state index contributed by atoms with van der Waals surface area (Å²) in [6.45, 7) is 3.09. The first-order valence-electron chi connectivity index (χ1n) is 7.60. The largest absolute Gasteiger partial charge is 0.338 e. The minimum atomic E-state index is -0.334. The van der Waals surface area contributed by atoms with E-state index in [1.807, 2.05) is 48.2 Å². The number of nitriles is 1. The summed E-state index contributed by atoms with van der Waals surface area (Å²) in [6, 6.07) is 11.8. The summed E-state index contributed by atoms with van der Waals surface area (Å²) in [5.41, 5.74) is 1.24. The molecule has 1 aliphatic heterocycles. The summed E-state index contributed by atoms with van der Waals surface area (Å²) < 4.78 is 0. The topological polar surface area (TPSA) is 61.2 Å². The van der Waals surface area contributed by atoms with Gasteiger partial charge >= 0.3 is 0 Å². The monoisotopic (exact) mass is 294 g/mol. The van der Waals surface area contributed by atoms with Crippen LogP contribution in [0.1, 0.15) is 18.9 Å². The van der Waals surface area contributed by atoms with E-state index in [0.29, 0.717) is 13.1 Å². The predicted octanol–water partition coefficient (Wildman–Crippen LogP) is 2.32. The van der Waals surface area contributed by atoms with Gasteiger partial charge in [-0.2, -0.15) is 5.26 Å². The molecule has 0 aromatic heterocycles. The number of carbonyl (C=O) groups excluding carboxylic acids is 2. The lowest BCUT2D eigenvalue weighted by atomic mass is 9.69. The quantitative estimate of drug-likeness (QED) is 0.841. The van der Waals surface area contributed by atoms with E-state index < -0.39 is 0 Å². The van der Waals surface area contributed by atoms with Gasteiger partial charge in [0.15, 0.2) is 5.78 Å². The number of carbonyl (C=O) groups is 2. The number of piperidine rings is 1. The highest BCUT2D eigenvalue weighted by molar-refractivity contribution is 6.03. The zero-order valence-corrected chi connectivity index (χ0v) is 12.5. The van der Waals surface area contributed by atoms with Crippen LogP contribution >= 0.6 is 0 Å². The second kappa shape index (κ2) is 5.76. The minimum absolute atomic E-state index is 0.0316. The highest BCUT2D eigenvalue weighted by atomic mass is 16.2. The maximum atomic E-state index is 12.7. The fraction of sp³-hybridized carbons (Fsp3) is 0.389. The Morgan fingerprint density at radius 2 is 2.00 bits per heavy atom. The third-order valence-corrected chi connectivity index (χ3v) is 4.79. The molecule has 0 spiro atoms. The van der Waals surface area contributed by atoms with Crippen molar-refractivity contribution in [1.29, 1.82) is 5.26 Å². The van der Waals surface area contributed by atoms with Gasteiger partial charge in [0.25, 0.3) is 0 Å². The zero-order chi connectivity index (χ0) is 15.7. The van der Waals surface area contributed by atoms with Gasteiger partial charge in [0.1, 0.15) is 6.07 Å². The van der Waals surface area contributed by atoms with Gasteiger partial charge in [-0.05, 0) is 17.9 Å². The highest BCUT2D eigenvalue weighted by Crippen LogP contribution is 2.38. The molecule has 1 amide bonds. The molecule has 3 rings (SSSR count). The summed E-state index contributed by atoms with van der Waals surface area (Å²) in [4.78, 5) is 26.7. The van der Waals surface area contributed by atoms with Crippen LogP contribution in [0.3, 0.4) is 0 Å². The minimum Gasteiger partial charge on any atom is -0.338 e. The summed E-state index contributed by atoms with van der Waals surface area (Å²) in [6.07, 6.45) is 2.40. The van der Waals surface area contributed by atoms with Crippen LogP contribution in [-0.2, 0) is 16.1 Å². The molecule has 3 atom stereocenters. The number of likely N-dealkylation sites (tertiary alicyclic amines) is 1. The Labute approximate surface area is 130 Å². The van der Waals surface area contributed by atoms with Gasteiger partial charge in [-0.1, -0.05) is 43.3 Å². The molecule has 1 aliphatic carbocycles. The first-order chi connectivity index (χ1) is 10.6. The normalized spacial score (nSPS) is 27.9. The molecule has 2 aliphatic rings. The van der Waals surface area contributed by atoms with E-state index in [-0.39, 0.29) is 35.0 Å². The number of benzene rings is 1. The number of Topliss-reactive ketones (excluding diaryl/α,β-unsaturated/α-hetero) is 1. The van der Waals surface area contributed by atoms with Crippen molar-refractivity contribution in [1.82, 2.24) is 4.90 Å². The van der Waals surface area contributed by atoms with Crippen molar-refractivity contribution < 1.29 is 9.59 Å². The number of amides is 1. The number of fused-ring (bicyclic) bond motifs is 1. The molecule has 0 N–H and O–H groups in total. The van der Waals surface area contributed by atoms with Crippen molar-refractivity contribution in [2.24, 2.45) is 17.8 Å². The third-order valence-electron chi connectivity index (χ3n) is 4.79. The molecule has 4 heteroatoms. The summed E-state index contributed by atoms with van der Waals surface area (Å²) in [5.74, 6) is -0.628. The van der Waals surface area contributed by atoms with Crippen LogP contribution in [0.25, 0.3) is 0 Å². The first-order valence-corrected chi connectivity index (χ1v) is 7.60. The molecule has 4 nitrogen and oxygen atoms in total. The molecule has 112 valence electrons. The van der Waals surface area contributed by atoms with Gasteiger partial charge in [0, 0.05) is 19.0 Å². The Kier molecular flexibility index (Phi) is 3.81. The maximum absolute atomic E-state index is 12.7. The smallest absolute Gasteiger partial charge is 0.230 e. The van der Waals surface area contributed by atoms with Crippen LogP contribution in [0.5, 0.6) is 0 Å². The van der Waals surface area contributed by atoms with E-state index in [0.717, 1.165) is 12.0 Å². The summed E-state index contributed by atoms with van der Waals surface area (Å²) >= 11 is 0. The zero-order valence-electron chi connectivity index (χ0n) is 12.5. The number of rotatable bonds is 2. The standard InChI is InChI=1S/C18H18N2O2/c1-12-15-7-8-20(11-13-5-3-2-4-6-13)18(22)16(15)9-14(10-19)17(12)21/h2-6,9,12,15-16H,7-8,11H2,1H3. The van der Waals surface area contributed by atoms with Crippen LogP contribution in [0.15, 0.2) is 42.0 Å². The summed E-state index contributed by atoms with van der Waals surface area (Å²) in [5, 5.41) is 9.09. The predicted molar refractivity (Wildman–Crippen MR) is 81.3 cm³/mol. The van der Waals surface area contributed by atoms with E-state index in [1.54, 1.807) is 6.08 Å². The SMILES string of the molecule is CC1C(=O)C(C#N)=CC2C(=O)N(Cc3ccccc3)CCC12. The summed E-state index contributed by atoms with van der Waals surface area (Å²) in [7, 11) is 0. The van der Waals surface area contributed by atoms with Crippen molar-refractivity contribution in [3.05, 3.63) is 47.5 Å². The van der Waals surface area contributed by atoms with Gasteiger partial charge in [-0.25, -0.2) is 0 Å². The Morgan fingerprint density at radius 1 is 1.27 bits per heavy atom. The van der Waals surface area contributed by atoms with Gasteiger partial charge in [0.05, 0.1) is 11.5 Å². The Bertz CT molecular complexity index is 672. The van der Waals surface area contributed by atoms with Gasteiger partial charge < -0.3 is 4.90 Å². The lowest BCUT2D eigenvalue weighted by Gasteiger charge is -2.41. The highest BCUT2D eigenvalue weighted by Gasteiger charge is 2.44. The van der Waals surface area contributed by atoms with Gasteiger partial charge in [0.2, 0.25) is 5.91 Å². The van der Waals surface area contributed by atoms with E-state index >= 15 is 0 Å². The van der Waals surface area contributed by atoms with Crippen LogP contribution in [-0.4, -0.2) is 23.1 Å². The molecule has 1 saturated heterocycles. The van der Waals surface area contributed by atoms with Crippen LogP contribution in [0.2, 0.25) is 0 Å². The number of hydrogen-bond donors (Lipinski definition) is 0. The fourth-order valence-corrected chi connectivity index (χ4v) is 3.50. The lowest BCUT2D eigenvalue weighted by Crippen LogP contribution is -2.49. The second-order valence-electron chi connectivity index (χ2n) is 6.07. The molecule has 0 radical (unpaired) electrons. The van der Waals surface area contributed by atoms with Crippen LogP contribution in [0, 0.1) is 29.1 Å².